The summed E-state index contributed by atoms with van der Waals surface area (Å²) in [6.07, 6.45) is 3.41. The van der Waals surface area contributed by atoms with Crippen LogP contribution in [0.5, 0.6) is 0 Å². The standard InChI is InChI=1S/C10H18N2OS/c13-10(9-3-1-8-14-9)12-6-2-4-11-5-7-12/h9,11H,1-8H2. The first-order valence-corrected chi connectivity index (χ1v) is 6.54. The highest BCUT2D eigenvalue weighted by Crippen LogP contribution is 2.27. The summed E-state index contributed by atoms with van der Waals surface area (Å²) < 4.78 is 0. The third-order valence-electron chi connectivity index (χ3n) is 2.86. The molecule has 14 heavy (non-hydrogen) atoms. The van der Waals surface area contributed by atoms with Crippen LogP contribution < -0.4 is 5.32 Å². The van der Waals surface area contributed by atoms with Crippen molar-refractivity contribution in [2.75, 3.05) is 31.9 Å². The summed E-state index contributed by atoms with van der Waals surface area (Å²) >= 11 is 1.84. The smallest absolute Gasteiger partial charge is 0.235 e. The molecule has 0 aliphatic carbocycles. The summed E-state index contributed by atoms with van der Waals surface area (Å²) in [5, 5.41) is 3.59. The maximum Gasteiger partial charge on any atom is 0.235 e. The SMILES string of the molecule is O=C(C1CCCS1)N1CCCNCC1. The number of hydrogen-bond acceptors (Lipinski definition) is 3. The molecular formula is C10H18N2OS. The van der Waals surface area contributed by atoms with Gasteiger partial charge in [0.15, 0.2) is 0 Å². The zero-order valence-electron chi connectivity index (χ0n) is 8.50. The summed E-state index contributed by atoms with van der Waals surface area (Å²) in [6, 6.07) is 0. The first kappa shape index (κ1) is 10.3. The van der Waals surface area contributed by atoms with Crippen LogP contribution in [0.4, 0.5) is 0 Å². The van der Waals surface area contributed by atoms with Gasteiger partial charge in [-0.25, -0.2) is 0 Å². The summed E-state index contributed by atoms with van der Waals surface area (Å²) in [5.74, 6) is 1.55. The second-order valence-corrected chi connectivity index (χ2v) is 5.24. The van der Waals surface area contributed by atoms with Crippen LogP contribution in [-0.2, 0) is 4.79 Å². The number of carbonyl (C=O) groups is 1. The van der Waals surface area contributed by atoms with Gasteiger partial charge < -0.3 is 10.2 Å². The van der Waals surface area contributed by atoms with Crippen LogP contribution >= 0.6 is 11.8 Å². The number of rotatable bonds is 1. The summed E-state index contributed by atoms with van der Waals surface area (Å²) in [6.45, 7) is 3.86. The van der Waals surface area contributed by atoms with Crippen molar-refractivity contribution in [1.82, 2.24) is 10.2 Å². The van der Waals surface area contributed by atoms with E-state index in [-0.39, 0.29) is 5.25 Å². The summed E-state index contributed by atoms with van der Waals surface area (Å²) in [7, 11) is 0. The van der Waals surface area contributed by atoms with E-state index in [0.29, 0.717) is 5.91 Å². The number of nitrogens with zero attached hydrogens (tertiary/aromatic N) is 1. The lowest BCUT2D eigenvalue weighted by molar-refractivity contribution is -0.130. The van der Waals surface area contributed by atoms with E-state index in [4.69, 9.17) is 0 Å². The van der Waals surface area contributed by atoms with Gasteiger partial charge in [0.1, 0.15) is 0 Å². The molecule has 0 aromatic heterocycles. The van der Waals surface area contributed by atoms with Gasteiger partial charge in [-0.1, -0.05) is 0 Å². The molecule has 0 saturated carbocycles. The molecule has 2 aliphatic heterocycles. The highest BCUT2D eigenvalue weighted by atomic mass is 32.2. The predicted molar refractivity (Wildman–Crippen MR) is 59.5 cm³/mol. The largest absolute Gasteiger partial charge is 0.340 e. The van der Waals surface area contributed by atoms with Crippen LogP contribution in [0.3, 0.4) is 0 Å². The Kier molecular flexibility index (Phi) is 3.70. The highest BCUT2D eigenvalue weighted by molar-refractivity contribution is 8.00. The van der Waals surface area contributed by atoms with Crippen molar-refractivity contribution in [3.8, 4) is 0 Å². The molecule has 2 saturated heterocycles. The van der Waals surface area contributed by atoms with Crippen LogP contribution in [0.1, 0.15) is 19.3 Å². The molecule has 2 aliphatic rings. The number of thioether (sulfide) groups is 1. The zero-order chi connectivity index (χ0) is 9.80. The van der Waals surface area contributed by atoms with E-state index in [0.717, 1.165) is 39.0 Å². The normalized spacial score (nSPS) is 28.9. The van der Waals surface area contributed by atoms with Gasteiger partial charge in [-0.05, 0) is 31.6 Å². The van der Waals surface area contributed by atoms with Gasteiger partial charge in [0, 0.05) is 19.6 Å². The van der Waals surface area contributed by atoms with Crippen LogP contribution in [0.2, 0.25) is 0 Å². The Balaban J connectivity index is 1.88. The molecular weight excluding hydrogens is 196 g/mol. The Hall–Kier alpha value is -0.220. The molecule has 1 unspecified atom stereocenters. The van der Waals surface area contributed by atoms with Crippen molar-refractivity contribution >= 4 is 17.7 Å². The molecule has 3 nitrogen and oxygen atoms in total. The second-order valence-electron chi connectivity index (χ2n) is 3.93. The molecule has 0 spiro atoms. The van der Waals surface area contributed by atoms with Gasteiger partial charge in [0.05, 0.1) is 5.25 Å². The van der Waals surface area contributed by atoms with E-state index < -0.39 is 0 Å². The number of amides is 1. The number of carbonyl (C=O) groups excluding carboxylic acids is 1. The van der Waals surface area contributed by atoms with Crippen LogP contribution in [-0.4, -0.2) is 48.0 Å². The van der Waals surface area contributed by atoms with Gasteiger partial charge >= 0.3 is 0 Å². The summed E-state index contributed by atoms with van der Waals surface area (Å²) in [5.41, 5.74) is 0. The van der Waals surface area contributed by atoms with Gasteiger partial charge in [-0.3, -0.25) is 4.79 Å². The lowest BCUT2D eigenvalue weighted by atomic mass is 10.2. The first-order chi connectivity index (χ1) is 6.88. The van der Waals surface area contributed by atoms with Crippen molar-refractivity contribution < 1.29 is 4.79 Å². The predicted octanol–water partition coefficient (Wildman–Crippen LogP) is 0.704. The molecule has 0 radical (unpaired) electrons. The van der Waals surface area contributed by atoms with Crippen molar-refractivity contribution in [1.29, 1.82) is 0 Å². The van der Waals surface area contributed by atoms with E-state index >= 15 is 0 Å². The van der Waals surface area contributed by atoms with Gasteiger partial charge in [0.2, 0.25) is 5.91 Å². The van der Waals surface area contributed by atoms with E-state index in [1.165, 1.54) is 12.2 Å². The quantitative estimate of drug-likeness (QED) is 0.697. The fraction of sp³-hybridized carbons (Fsp3) is 0.900. The molecule has 1 atom stereocenters. The molecule has 2 rings (SSSR count). The molecule has 0 bridgehead atoms. The number of hydrogen-bond donors (Lipinski definition) is 1. The van der Waals surface area contributed by atoms with Crippen molar-refractivity contribution in [3.63, 3.8) is 0 Å². The van der Waals surface area contributed by atoms with Crippen molar-refractivity contribution in [2.45, 2.75) is 24.5 Å². The average Bonchev–Trinajstić information content (AvgIpc) is 2.59. The minimum atomic E-state index is 0.271. The first-order valence-electron chi connectivity index (χ1n) is 5.49. The van der Waals surface area contributed by atoms with Gasteiger partial charge in [-0.15, -0.1) is 11.8 Å². The number of nitrogens with one attached hydrogen (secondary N) is 1. The van der Waals surface area contributed by atoms with E-state index in [1.807, 2.05) is 16.7 Å². The summed E-state index contributed by atoms with van der Waals surface area (Å²) in [4.78, 5) is 14.1. The van der Waals surface area contributed by atoms with Crippen LogP contribution in [0.25, 0.3) is 0 Å². The van der Waals surface area contributed by atoms with Crippen LogP contribution in [0.15, 0.2) is 0 Å². The molecule has 4 heteroatoms. The van der Waals surface area contributed by atoms with Crippen LogP contribution in [0, 0.1) is 0 Å². The lowest BCUT2D eigenvalue weighted by Gasteiger charge is -2.22. The molecule has 80 valence electrons. The topological polar surface area (TPSA) is 32.3 Å². The second kappa shape index (κ2) is 5.03. The fourth-order valence-corrected chi connectivity index (χ4v) is 3.29. The Morgan fingerprint density at radius 2 is 2.21 bits per heavy atom. The molecule has 1 N–H and O–H groups in total. The minimum Gasteiger partial charge on any atom is -0.340 e. The fourth-order valence-electron chi connectivity index (χ4n) is 2.04. The third kappa shape index (κ3) is 2.42. The Labute approximate surface area is 89.6 Å². The van der Waals surface area contributed by atoms with Crippen molar-refractivity contribution in [3.05, 3.63) is 0 Å². The van der Waals surface area contributed by atoms with E-state index in [1.54, 1.807) is 0 Å². The maximum atomic E-state index is 12.0. The molecule has 2 fully saturated rings. The minimum absolute atomic E-state index is 0.271. The Morgan fingerprint density at radius 3 is 3.00 bits per heavy atom. The van der Waals surface area contributed by atoms with Crippen molar-refractivity contribution in [2.24, 2.45) is 0 Å². The lowest BCUT2D eigenvalue weighted by Crippen LogP contribution is -2.39. The zero-order valence-corrected chi connectivity index (χ0v) is 9.31. The van der Waals surface area contributed by atoms with E-state index in [9.17, 15) is 4.79 Å². The molecule has 1 amide bonds. The average molecular weight is 214 g/mol. The molecule has 2 heterocycles. The molecule has 0 aromatic carbocycles. The highest BCUT2D eigenvalue weighted by Gasteiger charge is 2.27. The third-order valence-corrected chi connectivity index (χ3v) is 4.22. The van der Waals surface area contributed by atoms with Gasteiger partial charge in [-0.2, -0.15) is 0 Å². The Morgan fingerprint density at radius 1 is 1.29 bits per heavy atom. The van der Waals surface area contributed by atoms with Gasteiger partial charge in [0.25, 0.3) is 0 Å². The van der Waals surface area contributed by atoms with E-state index in [2.05, 4.69) is 5.32 Å². The Bertz CT molecular complexity index is 196. The monoisotopic (exact) mass is 214 g/mol. The maximum absolute atomic E-state index is 12.0. The molecule has 0 aromatic rings.